The summed E-state index contributed by atoms with van der Waals surface area (Å²) in [6.07, 6.45) is -3.34. The number of rotatable bonds is 5. The van der Waals surface area contributed by atoms with Crippen LogP contribution in [0.2, 0.25) is 0 Å². The average Bonchev–Trinajstić information content (AvgIpc) is 2.73. The molecule has 1 aliphatic heterocycles. The van der Waals surface area contributed by atoms with E-state index >= 15 is 0 Å². The summed E-state index contributed by atoms with van der Waals surface area (Å²) in [5.41, 5.74) is 1.15. The summed E-state index contributed by atoms with van der Waals surface area (Å²) in [4.78, 5) is 7.09. The van der Waals surface area contributed by atoms with E-state index in [0.29, 0.717) is 25.1 Å². The third-order valence-corrected chi connectivity index (χ3v) is 5.87. The Kier molecular flexibility index (Phi) is 6.41. The minimum atomic E-state index is -4.45. The topological polar surface area (TPSA) is 34.6 Å². The summed E-state index contributed by atoms with van der Waals surface area (Å²) < 4.78 is 52.1. The molecule has 0 radical (unpaired) electrons. The van der Waals surface area contributed by atoms with Crippen LogP contribution in [0.3, 0.4) is 0 Å². The molecule has 0 spiro atoms. The van der Waals surface area contributed by atoms with Crippen molar-refractivity contribution >= 4 is 28.6 Å². The first-order chi connectivity index (χ1) is 14.8. The van der Waals surface area contributed by atoms with Gasteiger partial charge in [0.05, 0.1) is 29.9 Å². The molecule has 0 N–H and O–H groups in total. The lowest BCUT2D eigenvalue weighted by molar-refractivity contribution is -0.136. The number of pyridine rings is 1. The van der Waals surface area contributed by atoms with Gasteiger partial charge in [-0.1, -0.05) is 17.7 Å². The Labute approximate surface area is 183 Å². The molecule has 31 heavy (non-hydrogen) atoms. The third kappa shape index (κ3) is 5.14. The number of hydrogen-bond donors (Lipinski definition) is 0. The van der Waals surface area contributed by atoms with Crippen LogP contribution in [0.4, 0.5) is 18.9 Å². The zero-order valence-corrected chi connectivity index (χ0v) is 18.0. The van der Waals surface area contributed by atoms with Gasteiger partial charge < -0.3 is 13.8 Å². The predicted molar refractivity (Wildman–Crippen MR) is 116 cm³/mol. The van der Waals surface area contributed by atoms with Gasteiger partial charge in [-0.3, -0.25) is 4.98 Å². The van der Waals surface area contributed by atoms with E-state index in [2.05, 4.69) is 9.88 Å². The first-order valence-corrected chi connectivity index (χ1v) is 10.8. The lowest BCUT2D eigenvalue weighted by atomic mass is 10.1. The summed E-state index contributed by atoms with van der Waals surface area (Å²) in [6.45, 7) is 5.46. The molecule has 8 heteroatoms. The fraction of sp³-hybridized carbons (Fsp3) is 0.348. The maximum absolute atomic E-state index is 13.4. The molecular formula is C23H23F3N2O2S. The molecule has 0 aliphatic carbocycles. The number of nitrogens with zero attached hydrogens (tertiary/aromatic N) is 2. The maximum Gasteiger partial charge on any atom is 0.418 e. The van der Waals surface area contributed by atoms with Crippen molar-refractivity contribution in [2.75, 3.05) is 24.6 Å². The van der Waals surface area contributed by atoms with Gasteiger partial charge in [0.25, 0.3) is 0 Å². The number of aryl methyl sites for hydroxylation is 1. The SMILES string of the molecule is Cc1ccc(SOCC2CN(c3ccc(C(F)(F)F)c4ncccc34)CC(C)O2)cc1. The number of hydrogen-bond acceptors (Lipinski definition) is 5. The Morgan fingerprint density at radius 3 is 2.65 bits per heavy atom. The first-order valence-electron chi connectivity index (χ1n) is 10.0. The van der Waals surface area contributed by atoms with Crippen molar-refractivity contribution in [2.24, 2.45) is 0 Å². The molecule has 2 aromatic carbocycles. The molecule has 1 fully saturated rings. The van der Waals surface area contributed by atoms with Crippen LogP contribution in [0.1, 0.15) is 18.1 Å². The van der Waals surface area contributed by atoms with E-state index in [1.807, 2.05) is 38.1 Å². The van der Waals surface area contributed by atoms with Crippen LogP contribution in [-0.2, 0) is 15.1 Å². The number of halogens is 3. The Bertz CT molecular complexity index is 1040. The first kappa shape index (κ1) is 21.9. The zero-order valence-electron chi connectivity index (χ0n) is 17.2. The van der Waals surface area contributed by atoms with Crippen molar-refractivity contribution in [3.8, 4) is 0 Å². The van der Waals surface area contributed by atoms with Crippen LogP contribution in [0, 0.1) is 6.92 Å². The molecule has 4 nitrogen and oxygen atoms in total. The molecule has 0 amide bonds. The highest BCUT2D eigenvalue weighted by Crippen LogP contribution is 2.38. The van der Waals surface area contributed by atoms with E-state index in [4.69, 9.17) is 8.92 Å². The Morgan fingerprint density at radius 1 is 1.13 bits per heavy atom. The molecule has 1 saturated heterocycles. The molecule has 2 unspecified atom stereocenters. The fourth-order valence-corrected chi connectivity index (χ4v) is 4.37. The van der Waals surface area contributed by atoms with Crippen molar-refractivity contribution < 1.29 is 22.1 Å². The van der Waals surface area contributed by atoms with Crippen molar-refractivity contribution in [3.63, 3.8) is 0 Å². The van der Waals surface area contributed by atoms with Gasteiger partial charge in [-0.2, -0.15) is 13.2 Å². The maximum atomic E-state index is 13.4. The third-order valence-electron chi connectivity index (χ3n) is 5.15. The van der Waals surface area contributed by atoms with Crippen molar-refractivity contribution in [3.05, 3.63) is 65.9 Å². The van der Waals surface area contributed by atoms with Crippen molar-refractivity contribution in [1.29, 1.82) is 0 Å². The van der Waals surface area contributed by atoms with Gasteiger partial charge in [0.1, 0.15) is 0 Å². The minimum absolute atomic E-state index is 0.0330. The number of ether oxygens (including phenoxy) is 1. The van der Waals surface area contributed by atoms with Crippen LogP contribution in [0.25, 0.3) is 10.9 Å². The van der Waals surface area contributed by atoms with E-state index in [1.165, 1.54) is 29.9 Å². The molecule has 1 aromatic heterocycles. The normalized spacial score (nSPS) is 19.7. The molecule has 3 aromatic rings. The molecular weight excluding hydrogens is 425 g/mol. The Morgan fingerprint density at radius 2 is 1.90 bits per heavy atom. The monoisotopic (exact) mass is 448 g/mol. The Hall–Kier alpha value is -2.29. The smallest absolute Gasteiger partial charge is 0.369 e. The van der Waals surface area contributed by atoms with E-state index in [-0.39, 0.29) is 17.7 Å². The molecule has 0 bridgehead atoms. The second-order valence-corrected chi connectivity index (χ2v) is 8.56. The highest BCUT2D eigenvalue weighted by atomic mass is 32.2. The summed E-state index contributed by atoms with van der Waals surface area (Å²) in [7, 11) is 0. The van der Waals surface area contributed by atoms with Gasteiger partial charge in [0.2, 0.25) is 0 Å². The second-order valence-electron chi connectivity index (χ2n) is 7.68. The summed E-state index contributed by atoms with van der Waals surface area (Å²) >= 11 is 1.29. The lowest BCUT2D eigenvalue weighted by Crippen LogP contribution is -2.48. The molecule has 2 heterocycles. The molecule has 1 aliphatic rings. The van der Waals surface area contributed by atoms with Gasteiger partial charge in [0, 0.05) is 47.3 Å². The number of aromatic nitrogens is 1. The van der Waals surface area contributed by atoms with Crippen LogP contribution in [-0.4, -0.2) is 36.9 Å². The minimum Gasteiger partial charge on any atom is -0.369 e. The number of anilines is 1. The summed E-state index contributed by atoms with van der Waals surface area (Å²) in [5.74, 6) is 0. The molecule has 2 atom stereocenters. The van der Waals surface area contributed by atoms with E-state index in [9.17, 15) is 13.2 Å². The van der Waals surface area contributed by atoms with Gasteiger partial charge in [-0.05, 0) is 50.2 Å². The van der Waals surface area contributed by atoms with Gasteiger partial charge >= 0.3 is 6.18 Å². The average molecular weight is 449 g/mol. The van der Waals surface area contributed by atoms with Gasteiger partial charge in [0.15, 0.2) is 0 Å². The largest absolute Gasteiger partial charge is 0.418 e. The van der Waals surface area contributed by atoms with Crippen LogP contribution >= 0.6 is 12.0 Å². The van der Waals surface area contributed by atoms with E-state index < -0.39 is 11.7 Å². The van der Waals surface area contributed by atoms with Crippen LogP contribution < -0.4 is 4.90 Å². The standard InChI is InChI=1S/C23H23F3N2O2S/c1-15-5-7-18(8-6-15)31-29-14-17-13-28(12-16(2)30-17)21-10-9-20(23(24,25)26)22-19(21)4-3-11-27-22/h3-11,16-17H,12-14H2,1-2H3. The van der Waals surface area contributed by atoms with Crippen LogP contribution in [0.5, 0.6) is 0 Å². The van der Waals surface area contributed by atoms with Crippen LogP contribution in [0.15, 0.2) is 59.6 Å². The van der Waals surface area contributed by atoms with Gasteiger partial charge in [-0.25, -0.2) is 0 Å². The number of alkyl halides is 3. The van der Waals surface area contributed by atoms with Gasteiger partial charge in [-0.15, -0.1) is 0 Å². The zero-order chi connectivity index (χ0) is 22.0. The number of benzene rings is 2. The summed E-state index contributed by atoms with van der Waals surface area (Å²) in [5, 5.41) is 0.486. The molecule has 4 rings (SSSR count). The highest BCUT2D eigenvalue weighted by molar-refractivity contribution is 7.94. The molecule has 0 saturated carbocycles. The number of morpholine rings is 1. The summed E-state index contributed by atoms with van der Waals surface area (Å²) in [6, 6.07) is 14.0. The highest BCUT2D eigenvalue weighted by Gasteiger charge is 2.35. The van der Waals surface area contributed by atoms with Crippen molar-refractivity contribution in [2.45, 2.75) is 37.1 Å². The number of fused-ring (bicyclic) bond motifs is 1. The van der Waals surface area contributed by atoms with E-state index in [0.717, 1.165) is 16.6 Å². The predicted octanol–water partition coefficient (Wildman–Crippen LogP) is 5.88. The Balaban J connectivity index is 1.50. The fourth-order valence-electron chi connectivity index (χ4n) is 3.77. The lowest BCUT2D eigenvalue weighted by Gasteiger charge is -2.38. The quantitative estimate of drug-likeness (QED) is 0.456. The second kappa shape index (κ2) is 9.06. The van der Waals surface area contributed by atoms with Crippen molar-refractivity contribution in [1.82, 2.24) is 4.98 Å². The molecule has 164 valence electrons. The van der Waals surface area contributed by atoms with E-state index in [1.54, 1.807) is 12.1 Å².